The molecule has 0 aromatic heterocycles. The minimum Gasteiger partial charge on any atom is -0.349 e. The smallest absolute Gasteiger partial charge is 0.224 e. The van der Waals surface area contributed by atoms with E-state index < -0.39 is 0 Å². The molecule has 0 saturated heterocycles. The van der Waals surface area contributed by atoms with Gasteiger partial charge in [0.2, 0.25) is 5.91 Å². The molecule has 1 N–H and O–H groups in total. The molecule has 13 heavy (non-hydrogen) atoms. The number of hydrogen-bond acceptors (Lipinski definition) is 1. The predicted octanol–water partition coefficient (Wildman–Crippen LogP) is 1.92. The van der Waals surface area contributed by atoms with Crippen LogP contribution in [-0.2, 0) is 4.79 Å². The number of rotatable bonds is 3. The highest BCUT2D eigenvalue weighted by molar-refractivity contribution is 6.19. The van der Waals surface area contributed by atoms with Crippen LogP contribution in [0.25, 0.3) is 0 Å². The molecule has 2 aliphatic carbocycles. The van der Waals surface area contributed by atoms with Crippen LogP contribution in [0.1, 0.15) is 33.1 Å². The average molecular weight is 202 g/mol. The van der Waals surface area contributed by atoms with Crippen LogP contribution < -0.4 is 5.32 Å². The Labute approximate surface area is 84.0 Å². The summed E-state index contributed by atoms with van der Waals surface area (Å²) in [7, 11) is 0. The van der Waals surface area contributed by atoms with Crippen molar-refractivity contribution in [3.8, 4) is 0 Å². The molecule has 0 bridgehead atoms. The van der Waals surface area contributed by atoms with Crippen LogP contribution in [0.15, 0.2) is 0 Å². The lowest BCUT2D eigenvalue weighted by Gasteiger charge is -2.14. The van der Waals surface area contributed by atoms with E-state index in [2.05, 4.69) is 19.2 Å². The second kappa shape index (κ2) is 2.63. The van der Waals surface area contributed by atoms with E-state index in [9.17, 15) is 4.79 Å². The fourth-order valence-electron chi connectivity index (χ4n) is 1.71. The monoisotopic (exact) mass is 201 g/mol. The Morgan fingerprint density at radius 1 is 1.54 bits per heavy atom. The van der Waals surface area contributed by atoms with E-state index in [4.69, 9.17) is 11.6 Å². The van der Waals surface area contributed by atoms with Gasteiger partial charge in [-0.3, -0.25) is 4.79 Å². The average Bonchev–Trinajstić information content (AvgIpc) is 2.90. The van der Waals surface area contributed by atoms with Crippen LogP contribution in [0.3, 0.4) is 0 Å². The maximum absolute atomic E-state index is 11.7. The molecule has 1 amide bonds. The lowest BCUT2D eigenvalue weighted by atomic mass is 10.1. The van der Waals surface area contributed by atoms with Crippen molar-refractivity contribution in [2.24, 2.45) is 11.3 Å². The van der Waals surface area contributed by atoms with Crippen molar-refractivity contribution in [2.45, 2.75) is 38.6 Å². The van der Waals surface area contributed by atoms with Gasteiger partial charge in [0.05, 0.1) is 5.54 Å². The third-order valence-corrected chi connectivity index (χ3v) is 3.84. The molecule has 74 valence electrons. The third kappa shape index (κ3) is 1.69. The Balaban J connectivity index is 1.87. The van der Waals surface area contributed by atoms with E-state index in [-0.39, 0.29) is 22.8 Å². The van der Waals surface area contributed by atoms with Gasteiger partial charge in [-0.2, -0.15) is 0 Å². The summed E-state index contributed by atoms with van der Waals surface area (Å²) < 4.78 is 0. The number of carbonyl (C=O) groups is 1. The first-order valence-corrected chi connectivity index (χ1v) is 5.41. The van der Waals surface area contributed by atoms with Crippen molar-refractivity contribution >= 4 is 17.5 Å². The van der Waals surface area contributed by atoms with Gasteiger partial charge in [0.15, 0.2) is 0 Å². The lowest BCUT2D eigenvalue weighted by molar-refractivity contribution is -0.123. The molecule has 3 heteroatoms. The Hall–Kier alpha value is -0.240. The van der Waals surface area contributed by atoms with Crippen LogP contribution in [0.2, 0.25) is 0 Å². The summed E-state index contributed by atoms with van der Waals surface area (Å²) in [4.78, 5) is 11.7. The Morgan fingerprint density at radius 2 is 2.08 bits per heavy atom. The molecule has 0 aromatic carbocycles. The summed E-state index contributed by atoms with van der Waals surface area (Å²) in [6.45, 7) is 4.27. The maximum atomic E-state index is 11.7. The molecular formula is C10H16ClNO. The topological polar surface area (TPSA) is 29.1 Å². The van der Waals surface area contributed by atoms with Gasteiger partial charge in [0, 0.05) is 11.8 Å². The highest BCUT2D eigenvalue weighted by atomic mass is 35.5. The summed E-state index contributed by atoms with van der Waals surface area (Å²) in [6, 6.07) is 0. The van der Waals surface area contributed by atoms with Crippen molar-refractivity contribution in [1.82, 2.24) is 5.32 Å². The summed E-state index contributed by atoms with van der Waals surface area (Å²) >= 11 is 5.78. The quantitative estimate of drug-likeness (QED) is 0.695. The van der Waals surface area contributed by atoms with Gasteiger partial charge in [0.1, 0.15) is 0 Å². The molecule has 0 radical (unpaired) electrons. The van der Waals surface area contributed by atoms with Crippen LogP contribution in [0, 0.1) is 11.3 Å². The van der Waals surface area contributed by atoms with E-state index in [0.717, 1.165) is 19.3 Å². The minimum absolute atomic E-state index is 0.0304. The largest absolute Gasteiger partial charge is 0.349 e. The standard InChI is InChI=1S/C10H16ClNO/c1-9(2)5-7(9)8(13)12-10(6-11)3-4-10/h7H,3-6H2,1-2H3,(H,12,13). The Kier molecular flexibility index (Phi) is 1.88. The van der Waals surface area contributed by atoms with Crippen molar-refractivity contribution in [2.75, 3.05) is 5.88 Å². The van der Waals surface area contributed by atoms with Crippen molar-refractivity contribution in [3.05, 3.63) is 0 Å². The minimum atomic E-state index is -0.0304. The number of halogens is 1. The maximum Gasteiger partial charge on any atom is 0.224 e. The summed E-state index contributed by atoms with van der Waals surface area (Å²) in [5, 5.41) is 3.06. The molecule has 2 fully saturated rings. The van der Waals surface area contributed by atoms with Gasteiger partial charge < -0.3 is 5.32 Å². The summed E-state index contributed by atoms with van der Waals surface area (Å²) in [5.74, 6) is 1.00. The molecule has 2 aliphatic rings. The van der Waals surface area contributed by atoms with Gasteiger partial charge in [-0.25, -0.2) is 0 Å². The molecule has 0 heterocycles. The number of carbonyl (C=O) groups excluding carboxylic acids is 1. The molecule has 1 unspecified atom stereocenters. The molecule has 2 rings (SSSR count). The zero-order valence-corrected chi connectivity index (χ0v) is 8.95. The van der Waals surface area contributed by atoms with Crippen molar-refractivity contribution in [1.29, 1.82) is 0 Å². The zero-order chi connectivity index (χ0) is 9.69. The zero-order valence-electron chi connectivity index (χ0n) is 8.19. The van der Waals surface area contributed by atoms with Gasteiger partial charge in [-0.05, 0) is 24.7 Å². The first kappa shape index (κ1) is 9.32. The van der Waals surface area contributed by atoms with Crippen molar-refractivity contribution in [3.63, 3.8) is 0 Å². The van der Waals surface area contributed by atoms with Crippen molar-refractivity contribution < 1.29 is 4.79 Å². The highest BCUT2D eigenvalue weighted by Crippen LogP contribution is 2.52. The number of alkyl halides is 1. The fraction of sp³-hybridized carbons (Fsp3) is 0.900. The number of nitrogens with one attached hydrogen (secondary N) is 1. The van der Waals surface area contributed by atoms with Gasteiger partial charge in [-0.15, -0.1) is 11.6 Å². The normalized spacial score (nSPS) is 32.4. The molecule has 0 aromatic rings. The Morgan fingerprint density at radius 3 is 2.38 bits per heavy atom. The van der Waals surface area contributed by atoms with E-state index in [1.807, 2.05) is 0 Å². The van der Waals surface area contributed by atoms with Gasteiger partial charge in [0.25, 0.3) is 0 Å². The van der Waals surface area contributed by atoms with E-state index in [1.165, 1.54) is 0 Å². The molecule has 1 atom stereocenters. The molecule has 0 aliphatic heterocycles. The SMILES string of the molecule is CC1(C)CC1C(=O)NC1(CCl)CC1. The van der Waals surface area contributed by atoms with Crippen LogP contribution >= 0.6 is 11.6 Å². The Bertz CT molecular complexity index is 245. The molecule has 0 spiro atoms. The van der Waals surface area contributed by atoms with Crippen LogP contribution in [0.4, 0.5) is 0 Å². The van der Waals surface area contributed by atoms with Crippen LogP contribution in [0.5, 0.6) is 0 Å². The number of hydrogen-bond donors (Lipinski definition) is 1. The molecular weight excluding hydrogens is 186 g/mol. The second-order valence-electron chi connectivity index (χ2n) is 5.15. The van der Waals surface area contributed by atoms with Gasteiger partial charge >= 0.3 is 0 Å². The first-order valence-electron chi connectivity index (χ1n) is 4.87. The number of amides is 1. The van der Waals surface area contributed by atoms with Gasteiger partial charge in [-0.1, -0.05) is 13.8 Å². The van der Waals surface area contributed by atoms with Crippen LogP contribution in [-0.4, -0.2) is 17.3 Å². The van der Waals surface area contributed by atoms with E-state index >= 15 is 0 Å². The third-order valence-electron chi connectivity index (χ3n) is 3.33. The van der Waals surface area contributed by atoms with E-state index in [0.29, 0.717) is 5.88 Å². The highest BCUT2D eigenvalue weighted by Gasteiger charge is 2.53. The summed E-state index contributed by atoms with van der Waals surface area (Å²) in [5.41, 5.74) is 0.198. The summed E-state index contributed by atoms with van der Waals surface area (Å²) in [6.07, 6.45) is 3.13. The molecule has 2 saturated carbocycles. The fourth-order valence-corrected chi connectivity index (χ4v) is 2.04. The molecule has 2 nitrogen and oxygen atoms in total. The van der Waals surface area contributed by atoms with E-state index in [1.54, 1.807) is 0 Å². The first-order chi connectivity index (χ1) is 5.99. The second-order valence-corrected chi connectivity index (χ2v) is 5.42. The lowest BCUT2D eigenvalue weighted by Crippen LogP contribution is -2.39. The predicted molar refractivity (Wildman–Crippen MR) is 52.7 cm³/mol.